The van der Waals surface area contributed by atoms with Crippen molar-refractivity contribution in [2.24, 2.45) is 5.92 Å². The lowest BCUT2D eigenvalue weighted by molar-refractivity contribution is 0.129. The maximum absolute atomic E-state index is 12.0. The van der Waals surface area contributed by atoms with E-state index in [4.69, 9.17) is 0 Å². The van der Waals surface area contributed by atoms with Gasteiger partial charge in [-0.2, -0.15) is 0 Å². The number of rotatable bonds is 4. The van der Waals surface area contributed by atoms with Crippen LogP contribution in [0.5, 0.6) is 0 Å². The highest BCUT2D eigenvalue weighted by molar-refractivity contribution is 7.98. The van der Waals surface area contributed by atoms with E-state index in [1.54, 1.807) is 23.6 Å². The third-order valence-electron chi connectivity index (χ3n) is 3.80. The van der Waals surface area contributed by atoms with Crippen LogP contribution in [0.1, 0.15) is 18.9 Å². The number of nitrogens with one attached hydrogen (secondary N) is 1. The van der Waals surface area contributed by atoms with E-state index in [0.29, 0.717) is 13.1 Å². The molecule has 2 N–H and O–H groups in total. The van der Waals surface area contributed by atoms with Crippen LogP contribution in [0.4, 0.5) is 4.79 Å². The molecule has 0 aliphatic carbocycles. The molecule has 1 fully saturated rings. The second-order valence-corrected chi connectivity index (χ2v) is 6.12. The van der Waals surface area contributed by atoms with E-state index < -0.39 is 0 Å². The van der Waals surface area contributed by atoms with Crippen LogP contribution in [0.25, 0.3) is 0 Å². The lowest BCUT2D eigenvalue weighted by atomic mass is 10.0. The molecule has 0 spiro atoms. The first-order chi connectivity index (χ1) is 9.60. The van der Waals surface area contributed by atoms with Gasteiger partial charge in [0, 0.05) is 30.4 Å². The fraction of sp³-hybridized carbons (Fsp3) is 0.533. The van der Waals surface area contributed by atoms with Gasteiger partial charge in [0.2, 0.25) is 0 Å². The molecule has 0 bridgehead atoms. The summed E-state index contributed by atoms with van der Waals surface area (Å²) in [5.41, 5.74) is 1.10. The fourth-order valence-corrected chi connectivity index (χ4v) is 2.81. The molecule has 110 valence electrons. The largest absolute Gasteiger partial charge is 0.393 e. The normalized spacial score (nSPS) is 19.9. The number of urea groups is 1. The van der Waals surface area contributed by atoms with Crippen molar-refractivity contribution < 1.29 is 9.90 Å². The van der Waals surface area contributed by atoms with Gasteiger partial charge in [-0.05, 0) is 37.3 Å². The Morgan fingerprint density at radius 2 is 2.20 bits per heavy atom. The lowest BCUT2D eigenvalue weighted by Gasteiger charge is -2.18. The van der Waals surface area contributed by atoms with Gasteiger partial charge < -0.3 is 15.3 Å². The minimum Gasteiger partial charge on any atom is -0.393 e. The number of aliphatic hydroxyl groups is 1. The highest BCUT2D eigenvalue weighted by Crippen LogP contribution is 2.19. The summed E-state index contributed by atoms with van der Waals surface area (Å²) in [5.74, 6) is 0.210. The summed E-state index contributed by atoms with van der Waals surface area (Å²) in [6.45, 7) is 3.71. The van der Waals surface area contributed by atoms with E-state index in [-0.39, 0.29) is 18.1 Å². The van der Waals surface area contributed by atoms with Gasteiger partial charge in [0.1, 0.15) is 0 Å². The van der Waals surface area contributed by atoms with E-state index >= 15 is 0 Å². The van der Waals surface area contributed by atoms with Crippen LogP contribution in [0.15, 0.2) is 29.2 Å². The molecule has 4 nitrogen and oxygen atoms in total. The van der Waals surface area contributed by atoms with Gasteiger partial charge in [-0.15, -0.1) is 11.8 Å². The monoisotopic (exact) mass is 294 g/mol. The molecule has 1 aliphatic rings. The van der Waals surface area contributed by atoms with E-state index in [1.165, 1.54) is 4.90 Å². The number of carbonyl (C=O) groups is 1. The van der Waals surface area contributed by atoms with Crippen LogP contribution < -0.4 is 5.32 Å². The fourth-order valence-electron chi connectivity index (χ4n) is 2.40. The molecule has 1 saturated heterocycles. The van der Waals surface area contributed by atoms with Gasteiger partial charge in [0.15, 0.2) is 0 Å². The second kappa shape index (κ2) is 6.99. The van der Waals surface area contributed by atoms with Crippen molar-refractivity contribution in [3.8, 4) is 0 Å². The van der Waals surface area contributed by atoms with Crippen LogP contribution in [0, 0.1) is 5.92 Å². The number of carbonyl (C=O) groups excluding carboxylic acids is 1. The number of likely N-dealkylation sites (tertiary alicyclic amines) is 1. The standard InChI is InChI=1S/C15H22N2O2S/c1-11(18)13-7-8-17(10-13)15(19)16-9-12-3-5-14(20-2)6-4-12/h3-6,11,13,18H,7-10H2,1-2H3,(H,16,19). The molecule has 2 unspecified atom stereocenters. The maximum Gasteiger partial charge on any atom is 0.317 e. The van der Waals surface area contributed by atoms with Crippen molar-refractivity contribution in [1.29, 1.82) is 0 Å². The molecule has 2 atom stereocenters. The zero-order valence-electron chi connectivity index (χ0n) is 12.0. The molecule has 20 heavy (non-hydrogen) atoms. The summed E-state index contributed by atoms with van der Waals surface area (Å²) >= 11 is 1.71. The Labute approximate surface area is 124 Å². The quantitative estimate of drug-likeness (QED) is 0.838. The van der Waals surface area contributed by atoms with Crippen molar-refractivity contribution in [2.75, 3.05) is 19.3 Å². The van der Waals surface area contributed by atoms with Crippen LogP contribution in [-0.2, 0) is 6.54 Å². The van der Waals surface area contributed by atoms with E-state index in [1.807, 2.05) is 18.4 Å². The van der Waals surface area contributed by atoms with E-state index in [0.717, 1.165) is 18.5 Å². The van der Waals surface area contributed by atoms with Crippen molar-refractivity contribution in [3.63, 3.8) is 0 Å². The molecule has 0 radical (unpaired) electrons. The lowest BCUT2D eigenvalue weighted by Crippen LogP contribution is -2.38. The summed E-state index contributed by atoms with van der Waals surface area (Å²) < 4.78 is 0. The first kappa shape index (κ1) is 15.2. The van der Waals surface area contributed by atoms with Crippen LogP contribution in [0.3, 0.4) is 0 Å². The van der Waals surface area contributed by atoms with Crippen molar-refractivity contribution in [1.82, 2.24) is 10.2 Å². The van der Waals surface area contributed by atoms with Gasteiger partial charge in [-0.3, -0.25) is 0 Å². The topological polar surface area (TPSA) is 52.6 Å². The maximum atomic E-state index is 12.0. The Bertz CT molecular complexity index is 448. The number of hydrogen-bond acceptors (Lipinski definition) is 3. The minimum atomic E-state index is -0.341. The minimum absolute atomic E-state index is 0.0397. The van der Waals surface area contributed by atoms with Gasteiger partial charge in [-0.25, -0.2) is 4.79 Å². The summed E-state index contributed by atoms with van der Waals surface area (Å²) in [7, 11) is 0. The van der Waals surface area contributed by atoms with Gasteiger partial charge in [0.05, 0.1) is 6.10 Å². The molecule has 2 amide bonds. The average Bonchev–Trinajstić information content (AvgIpc) is 2.95. The van der Waals surface area contributed by atoms with Gasteiger partial charge >= 0.3 is 6.03 Å². The number of hydrogen-bond donors (Lipinski definition) is 2. The van der Waals surface area contributed by atoms with Crippen molar-refractivity contribution in [3.05, 3.63) is 29.8 Å². The predicted molar refractivity (Wildman–Crippen MR) is 81.8 cm³/mol. The van der Waals surface area contributed by atoms with E-state index in [2.05, 4.69) is 17.4 Å². The molecular weight excluding hydrogens is 272 g/mol. The molecule has 2 rings (SSSR count). The Kier molecular flexibility index (Phi) is 5.31. The van der Waals surface area contributed by atoms with Crippen LogP contribution in [-0.4, -0.2) is 41.5 Å². The highest BCUT2D eigenvalue weighted by atomic mass is 32.2. The Hall–Kier alpha value is -1.20. The Morgan fingerprint density at radius 3 is 2.75 bits per heavy atom. The summed E-state index contributed by atoms with van der Waals surface area (Å²) in [4.78, 5) is 15.0. The molecule has 0 aromatic heterocycles. The van der Waals surface area contributed by atoms with Crippen LogP contribution >= 0.6 is 11.8 Å². The van der Waals surface area contributed by atoms with Crippen molar-refractivity contribution in [2.45, 2.75) is 30.9 Å². The first-order valence-corrected chi connectivity index (χ1v) is 8.16. The summed E-state index contributed by atoms with van der Waals surface area (Å²) in [6.07, 6.45) is 2.59. The molecule has 1 aliphatic heterocycles. The van der Waals surface area contributed by atoms with Crippen LogP contribution in [0.2, 0.25) is 0 Å². The zero-order chi connectivity index (χ0) is 14.5. The molecule has 0 saturated carbocycles. The SMILES string of the molecule is CSc1ccc(CNC(=O)N2CCC(C(C)O)C2)cc1. The molecule has 5 heteroatoms. The third kappa shape index (κ3) is 3.90. The molecule has 1 aromatic carbocycles. The molecule has 1 aromatic rings. The summed E-state index contributed by atoms with van der Waals surface area (Å²) in [6, 6.07) is 8.16. The highest BCUT2D eigenvalue weighted by Gasteiger charge is 2.28. The Balaban J connectivity index is 1.80. The van der Waals surface area contributed by atoms with Gasteiger partial charge in [-0.1, -0.05) is 12.1 Å². The first-order valence-electron chi connectivity index (χ1n) is 6.94. The third-order valence-corrected chi connectivity index (χ3v) is 4.54. The number of thioether (sulfide) groups is 1. The second-order valence-electron chi connectivity index (χ2n) is 5.24. The number of aliphatic hydroxyl groups excluding tert-OH is 1. The molecule has 1 heterocycles. The summed E-state index contributed by atoms with van der Waals surface area (Å²) in [5, 5.41) is 12.5. The average molecular weight is 294 g/mol. The molecular formula is C15H22N2O2S. The number of amides is 2. The number of benzene rings is 1. The van der Waals surface area contributed by atoms with E-state index in [9.17, 15) is 9.90 Å². The zero-order valence-corrected chi connectivity index (χ0v) is 12.8. The number of nitrogens with zero attached hydrogens (tertiary/aromatic N) is 1. The predicted octanol–water partition coefficient (Wildman–Crippen LogP) is 2.32. The Morgan fingerprint density at radius 1 is 1.50 bits per heavy atom. The van der Waals surface area contributed by atoms with Gasteiger partial charge in [0.25, 0.3) is 0 Å². The van der Waals surface area contributed by atoms with Crippen molar-refractivity contribution >= 4 is 17.8 Å². The smallest absolute Gasteiger partial charge is 0.317 e.